The Morgan fingerprint density at radius 3 is 2.69 bits per heavy atom. The van der Waals surface area contributed by atoms with Crippen LogP contribution in [0.25, 0.3) is 0 Å². The van der Waals surface area contributed by atoms with E-state index < -0.39 is 0 Å². The van der Waals surface area contributed by atoms with Gasteiger partial charge in [0.25, 0.3) is 0 Å². The molecule has 1 saturated carbocycles. The van der Waals surface area contributed by atoms with E-state index in [1.54, 1.807) is 0 Å². The average molecular weight is 223 g/mol. The Balaban J connectivity index is 1.73. The molecule has 1 aromatic rings. The molecule has 2 rings (SSSR count). The zero-order chi connectivity index (χ0) is 11.2. The summed E-state index contributed by atoms with van der Waals surface area (Å²) < 4.78 is 0. The van der Waals surface area contributed by atoms with Crippen LogP contribution in [0.2, 0.25) is 0 Å². The molecule has 5 nitrogen and oxygen atoms in total. The lowest BCUT2D eigenvalue weighted by molar-refractivity contribution is 0.397. The van der Waals surface area contributed by atoms with Gasteiger partial charge >= 0.3 is 0 Å². The minimum atomic E-state index is 0.196. The van der Waals surface area contributed by atoms with Crippen LogP contribution in [0.15, 0.2) is 0 Å². The summed E-state index contributed by atoms with van der Waals surface area (Å²) in [5.74, 6) is 1.59. The Bertz CT molecular complexity index is 277. The van der Waals surface area contributed by atoms with Gasteiger partial charge in [-0.2, -0.15) is 5.21 Å². The summed E-state index contributed by atoms with van der Waals surface area (Å²) in [6, 6.07) is 0.196. The highest BCUT2D eigenvalue weighted by molar-refractivity contribution is 4.86. The first-order valence-electron chi connectivity index (χ1n) is 6.33. The predicted octanol–water partition coefficient (Wildman–Crippen LogP) is 1.82. The molecule has 1 aliphatic rings. The summed E-state index contributed by atoms with van der Waals surface area (Å²) in [6.07, 6.45) is 8.34. The van der Waals surface area contributed by atoms with E-state index in [1.165, 1.54) is 38.5 Å². The summed E-state index contributed by atoms with van der Waals surface area (Å²) >= 11 is 0. The number of hydrogen-bond donors (Lipinski definition) is 2. The lowest BCUT2D eigenvalue weighted by Gasteiger charge is -2.17. The third-order valence-corrected chi connectivity index (χ3v) is 3.44. The molecule has 1 aromatic heterocycles. The van der Waals surface area contributed by atoms with E-state index in [0.717, 1.165) is 18.3 Å². The summed E-state index contributed by atoms with van der Waals surface area (Å²) in [6.45, 7) is 3.16. The van der Waals surface area contributed by atoms with Crippen molar-refractivity contribution in [1.29, 1.82) is 0 Å². The number of tetrazole rings is 1. The molecule has 1 atom stereocenters. The lowest BCUT2D eigenvalue weighted by Crippen LogP contribution is -2.26. The molecule has 0 saturated heterocycles. The lowest BCUT2D eigenvalue weighted by atomic mass is 10.0. The van der Waals surface area contributed by atoms with Crippen molar-refractivity contribution in [2.24, 2.45) is 5.92 Å². The number of aromatic amines is 1. The Kier molecular flexibility index (Phi) is 4.27. The largest absolute Gasteiger partial charge is 0.307 e. The average Bonchev–Trinajstić information content (AvgIpc) is 2.71. The molecular weight excluding hydrogens is 202 g/mol. The van der Waals surface area contributed by atoms with Crippen LogP contribution in [-0.2, 0) is 0 Å². The van der Waals surface area contributed by atoms with Gasteiger partial charge in [-0.25, -0.2) is 0 Å². The second-order valence-corrected chi connectivity index (χ2v) is 4.76. The molecule has 0 spiro atoms. The first-order valence-corrected chi connectivity index (χ1v) is 6.33. The van der Waals surface area contributed by atoms with Gasteiger partial charge in [0, 0.05) is 0 Å². The van der Waals surface area contributed by atoms with E-state index in [0.29, 0.717) is 0 Å². The zero-order valence-electron chi connectivity index (χ0n) is 9.95. The highest BCUT2D eigenvalue weighted by atomic mass is 15.5. The normalized spacial score (nSPS) is 20.6. The number of rotatable bonds is 4. The molecule has 0 bridgehead atoms. The fraction of sp³-hybridized carbons (Fsp3) is 0.909. The second-order valence-electron chi connectivity index (χ2n) is 4.76. The predicted molar refractivity (Wildman–Crippen MR) is 61.8 cm³/mol. The number of H-pyrrole nitrogens is 1. The number of nitrogens with one attached hydrogen (secondary N) is 2. The molecule has 5 heteroatoms. The van der Waals surface area contributed by atoms with Crippen LogP contribution >= 0.6 is 0 Å². The maximum atomic E-state index is 3.99. The standard InChI is InChI=1S/C11H21N5/c1-9(11-13-15-16-14-11)12-8-10-6-4-2-3-5-7-10/h9-10,12H,2-8H2,1H3,(H,13,14,15,16). The van der Waals surface area contributed by atoms with Crippen LogP contribution < -0.4 is 5.32 Å². The summed E-state index contributed by atoms with van der Waals surface area (Å²) in [4.78, 5) is 0. The number of aromatic nitrogens is 4. The molecule has 2 N–H and O–H groups in total. The molecular formula is C11H21N5. The van der Waals surface area contributed by atoms with E-state index in [-0.39, 0.29) is 6.04 Å². The van der Waals surface area contributed by atoms with Crippen LogP contribution in [0, 0.1) is 5.92 Å². The Hall–Kier alpha value is -0.970. The molecule has 16 heavy (non-hydrogen) atoms. The van der Waals surface area contributed by atoms with Crippen LogP contribution in [0.4, 0.5) is 0 Å². The molecule has 1 heterocycles. The van der Waals surface area contributed by atoms with Gasteiger partial charge in [0.2, 0.25) is 0 Å². The highest BCUT2D eigenvalue weighted by Crippen LogP contribution is 2.22. The Morgan fingerprint density at radius 2 is 2.06 bits per heavy atom. The summed E-state index contributed by atoms with van der Waals surface area (Å²) in [7, 11) is 0. The van der Waals surface area contributed by atoms with Crippen LogP contribution in [0.5, 0.6) is 0 Å². The van der Waals surface area contributed by atoms with E-state index >= 15 is 0 Å². The highest BCUT2D eigenvalue weighted by Gasteiger charge is 2.15. The Morgan fingerprint density at radius 1 is 1.31 bits per heavy atom. The first kappa shape index (κ1) is 11.5. The third-order valence-electron chi connectivity index (χ3n) is 3.44. The number of nitrogens with zero attached hydrogens (tertiary/aromatic N) is 3. The molecule has 0 aromatic carbocycles. The van der Waals surface area contributed by atoms with Gasteiger partial charge in [0.05, 0.1) is 6.04 Å². The second kappa shape index (κ2) is 5.94. The topological polar surface area (TPSA) is 66.5 Å². The van der Waals surface area contributed by atoms with Crippen molar-refractivity contribution in [2.45, 2.75) is 51.5 Å². The summed E-state index contributed by atoms with van der Waals surface area (Å²) in [5.41, 5.74) is 0. The number of hydrogen-bond acceptors (Lipinski definition) is 4. The van der Waals surface area contributed by atoms with Crippen molar-refractivity contribution in [2.75, 3.05) is 6.54 Å². The van der Waals surface area contributed by atoms with Gasteiger partial charge in [-0.05, 0) is 32.2 Å². The van der Waals surface area contributed by atoms with Crippen molar-refractivity contribution in [1.82, 2.24) is 25.9 Å². The zero-order valence-corrected chi connectivity index (χ0v) is 9.95. The minimum Gasteiger partial charge on any atom is -0.307 e. The van der Waals surface area contributed by atoms with Crippen LogP contribution in [-0.4, -0.2) is 27.2 Å². The van der Waals surface area contributed by atoms with Crippen molar-refractivity contribution >= 4 is 0 Å². The molecule has 1 unspecified atom stereocenters. The van der Waals surface area contributed by atoms with Gasteiger partial charge in [-0.1, -0.05) is 30.9 Å². The van der Waals surface area contributed by atoms with Crippen molar-refractivity contribution in [3.63, 3.8) is 0 Å². The Labute approximate surface area is 96.4 Å². The maximum Gasteiger partial charge on any atom is 0.191 e. The molecule has 90 valence electrons. The van der Waals surface area contributed by atoms with E-state index in [2.05, 4.69) is 32.9 Å². The van der Waals surface area contributed by atoms with Gasteiger partial charge in [0.1, 0.15) is 0 Å². The molecule has 0 amide bonds. The van der Waals surface area contributed by atoms with Gasteiger partial charge in [-0.3, -0.25) is 0 Å². The van der Waals surface area contributed by atoms with Crippen molar-refractivity contribution in [3.05, 3.63) is 5.82 Å². The van der Waals surface area contributed by atoms with Gasteiger partial charge in [0.15, 0.2) is 5.82 Å². The van der Waals surface area contributed by atoms with Gasteiger partial charge in [-0.15, -0.1) is 10.2 Å². The van der Waals surface area contributed by atoms with E-state index in [4.69, 9.17) is 0 Å². The van der Waals surface area contributed by atoms with Crippen LogP contribution in [0.1, 0.15) is 57.3 Å². The molecule has 0 aliphatic heterocycles. The first-order chi connectivity index (χ1) is 7.86. The third kappa shape index (κ3) is 3.27. The van der Waals surface area contributed by atoms with Crippen molar-refractivity contribution < 1.29 is 0 Å². The molecule has 1 fully saturated rings. The fourth-order valence-corrected chi connectivity index (χ4v) is 2.36. The quantitative estimate of drug-likeness (QED) is 0.764. The van der Waals surface area contributed by atoms with Crippen molar-refractivity contribution in [3.8, 4) is 0 Å². The van der Waals surface area contributed by atoms with Crippen LogP contribution in [0.3, 0.4) is 0 Å². The van der Waals surface area contributed by atoms with Gasteiger partial charge < -0.3 is 5.32 Å². The minimum absolute atomic E-state index is 0.196. The SMILES string of the molecule is CC(NCC1CCCCCC1)c1nn[nH]n1. The van der Waals surface area contributed by atoms with E-state index in [1.807, 2.05) is 0 Å². The molecule has 1 aliphatic carbocycles. The fourth-order valence-electron chi connectivity index (χ4n) is 2.36. The molecule has 0 radical (unpaired) electrons. The summed E-state index contributed by atoms with van der Waals surface area (Å²) in [5, 5.41) is 17.5. The monoisotopic (exact) mass is 223 g/mol. The maximum absolute atomic E-state index is 3.99. The smallest absolute Gasteiger partial charge is 0.191 e. The van der Waals surface area contributed by atoms with E-state index in [9.17, 15) is 0 Å².